The minimum atomic E-state index is -4.40. The standard InChI is InChI=1S/C13H19F3N4O2/c1-8-11(9(2)22-19-8)12(21)18-7-10(13(14,15)16)20-5-3-17-4-6-20/h10,17H,3-7H2,1-2H3,(H,18,21). The summed E-state index contributed by atoms with van der Waals surface area (Å²) in [6, 6.07) is -1.70. The molecule has 0 radical (unpaired) electrons. The molecule has 1 aromatic heterocycles. The maximum absolute atomic E-state index is 13.2. The predicted octanol–water partition coefficient (Wildman–Crippen LogP) is 0.857. The van der Waals surface area contributed by atoms with E-state index in [4.69, 9.17) is 4.52 Å². The van der Waals surface area contributed by atoms with Crippen LogP contribution in [0.2, 0.25) is 0 Å². The fourth-order valence-corrected chi connectivity index (χ4v) is 2.53. The molecule has 1 aromatic rings. The summed E-state index contributed by atoms with van der Waals surface area (Å²) in [7, 11) is 0. The first-order chi connectivity index (χ1) is 10.3. The molecule has 1 fully saturated rings. The normalized spacial score (nSPS) is 18.2. The third-order valence-corrected chi connectivity index (χ3v) is 3.69. The fraction of sp³-hybridized carbons (Fsp3) is 0.692. The molecule has 2 N–H and O–H groups in total. The van der Waals surface area contributed by atoms with Crippen LogP contribution >= 0.6 is 0 Å². The van der Waals surface area contributed by atoms with Crippen LogP contribution < -0.4 is 10.6 Å². The number of carbonyl (C=O) groups is 1. The first kappa shape index (κ1) is 16.8. The van der Waals surface area contributed by atoms with Crippen LogP contribution in [0.4, 0.5) is 13.2 Å². The van der Waals surface area contributed by atoms with Crippen molar-refractivity contribution in [2.75, 3.05) is 32.7 Å². The van der Waals surface area contributed by atoms with Crippen molar-refractivity contribution >= 4 is 5.91 Å². The van der Waals surface area contributed by atoms with E-state index in [-0.39, 0.29) is 5.56 Å². The molecule has 1 unspecified atom stereocenters. The highest BCUT2D eigenvalue weighted by Gasteiger charge is 2.44. The summed E-state index contributed by atoms with van der Waals surface area (Å²) in [6.07, 6.45) is -4.40. The minimum absolute atomic E-state index is 0.196. The SMILES string of the molecule is Cc1noc(C)c1C(=O)NCC(N1CCNCC1)C(F)(F)F. The van der Waals surface area contributed by atoms with Gasteiger partial charge in [-0.1, -0.05) is 5.16 Å². The quantitative estimate of drug-likeness (QED) is 0.861. The summed E-state index contributed by atoms with van der Waals surface area (Å²) in [5, 5.41) is 8.98. The van der Waals surface area contributed by atoms with E-state index in [9.17, 15) is 18.0 Å². The van der Waals surface area contributed by atoms with E-state index < -0.39 is 24.7 Å². The minimum Gasteiger partial charge on any atom is -0.361 e. The van der Waals surface area contributed by atoms with E-state index in [2.05, 4.69) is 15.8 Å². The smallest absolute Gasteiger partial charge is 0.361 e. The fourth-order valence-electron chi connectivity index (χ4n) is 2.53. The van der Waals surface area contributed by atoms with E-state index in [1.54, 1.807) is 13.8 Å². The number of hydrogen-bond donors (Lipinski definition) is 2. The van der Waals surface area contributed by atoms with Gasteiger partial charge in [0.2, 0.25) is 0 Å². The average Bonchev–Trinajstić information content (AvgIpc) is 2.78. The molecule has 0 bridgehead atoms. The molecule has 0 aliphatic carbocycles. The van der Waals surface area contributed by atoms with Gasteiger partial charge in [0.25, 0.3) is 5.91 Å². The van der Waals surface area contributed by atoms with Gasteiger partial charge in [0.1, 0.15) is 17.4 Å². The number of carbonyl (C=O) groups excluding carboxylic acids is 1. The van der Waals surface area contributed by atoms with Crippen LogP contribution in [0, 0.1) is 13.8 Å². The summed E-state index contributed by atoms with van der Waals surface area (Å²) in [5.74, 6) is -0.304. The van der Waals surface area contributed by atoms with Crippen LogP contribution in [0.15, 0.2) is 4.52 Å². The number of rotatable bonds is 4. The summed E-state index contributed by atoms with van der Waals surface area (Å²) < 4.78 is 44.5. The van der Waals surface area contributed by atoms with Gasteiger partial charge >= 0.3 is 6.18 Å². The molecule has 1 aliphatic rings. The Morgan fingerprint density at radius 1 is 1.41 bits per heavy atom. The van der Waals surface area contributed by atoms with E-state index in [0.717, 1.165) is 0 Å². The molecule has 124 valence electrons. The van der Waals surface area contributed by atoms with Gasteiger partial charge in [-0.2, -0.15) is 13.2 Å². The highest BCUT2D eigenvalue weighted by Crippen LogP contribution is 2.25. The summed E-state index contributed by atoms with van der Waals surface area (Å²) >= 11 is 0. The molecule has 1 atom stereocenters. The largest absolute Gasteiger partial charge is 0.405 e. The second kappa shape index (κ2) is 6.66. The molecule has 1 aliphatic heterocycles. The third-order valence-electron chi connectivity index (χ3n) is 3.69. The molecule has 9 heteroatoms. The Kier molecular flexibility index (Phi) is 5.07. The van der Waals surface area contributed by atoms with Crippen molar-refractivity contribution < 1.29 is 22.5 Å². The van der Waals surface area contributed by atoms with Gasteiger partial charge in [0, 0.05) is 32.7 Å². The number of amides is 1. The number of alkyl halides is 3. The average molecular weight is 320 g/mol. The van der Waals surface area contributed by atoms with Crippen LogP contribution in [0.1, 0.15) is 21.8 Å². The zero-order valence-electron chi connectivity index (χ0n) is 12.5. The topological polar surface area (TPSA) is 70.4 Å². The van der Waals surface area contributed by atoms with Gasteiger partial charge in [0.15, 0.2) is 0 Å². The van der Waals surface area contributed by atoms with Crippen molar-refractivity contribution in [3.05, 3.63) is 17.0 Å². The molecular weight excluding hydrogens is 301 g/mol. The van der Waals surface area contributed by atoms with Crippen LogP contribution in [-0.4, -0.2) is 60.9 Å². The molecule has 1 amide bonds. The molecule has 22 heavy (non-hydrogen) atoms. The van der Waals surface area contributed by atoms with E-state index in [1.165, 1.54) is 4.90 Å². The number of nitrogens with zero attached hydrogens (tertiary/aromatic N) is 2. The Balaban J connectivity index is 2.03. The highest BCUT2D eigenvalue weighted by atomic mass is 19.4. The van der Waals surface area contributed by atoms with Crippen LogP contribution in [-0.2, 0) is 0 Å². The number of nitrogens with one attached hydrogen (secondary N) is 2. The molecule has 0 saturated carbocycles. The van der Waals surface area contributed by atoms with Crippen LogP contribution in [0.5, 0.6) is 0 Å². The van der Waals surface area contributed by atoms with Crippen LogP contribution in [0.25, 0.3) is 0 Å². The van der Waals surface area contributed by atoms with Crippen molar-refractivity contribution in [1.82, 2.24) is 20.7 Å². The lowest BCUT2D eigenvalue weighted by Gasteiger charge is -2.35. The summed E-state index contributed by atoms with van der Waals surface area (Å²) in [6.45, 7) is 4.23. The number of piperazine rings is 1. The number of halogens is 3. The molecule has 6 nitrogen and oxygen atoms in total. The van der Waals surface area contributed by atoms with Crippen molar-refractivity contribution in [1.29, 1.82) is 0 Å². The maximum atomic E-state index is 13.2. The van der Waals surface area contributed by atoms with E-state index in [1.807, 2.05) is 0 Å². The molecule has 2 heterocycles. The molecule has 2 rings (SSSR count). The number of aryl methyl sites for hydroxylation is 2. The van der Waals surface area contributed by atoms with Gasteiger partial charge < -0.3 is 15.2 Å². The van der Waals surface area contributed by atoms with Crippen molar-refractivity contribution in [2.24, 2.45) is 0 Å². The van der Waals surface area contributed by atoms with Gasteiger partial charge in [-0.25, -0.2) is 0 Å². The number of hydrogen-bond acceptors (Lipinski definition) is 5. The highest BCUT2D eigenvalue weighted by molar-refractivity contribution is 5.96. The van der Waals surface area contributed by atoms with Crippen LogP contribution in [0.3, 0.4) is 0 Å². The van der Waals surface area contributed by atoms with Gasteiger partial charge in [-0.15, -0.1) is 0 Å². The van der Waals surface area contributed by atoms with Crippen molar-refractivity contribution in [2.45, 2.75) is 26.1 Å². The zero-order valence-corrected chi connectivity index (χ0v) is 12.5. The lowest BCUT2D eigenvalue weighted by Crippen LogP contribution is -2.57. The predicted molar refractivity (Wildman–Crippen MR) is 72.6 cm³/mol. The Morgan fingerprint density at radius 3 is 2.55 bits per heavy atom. The maximum Gasteiger partial charge on any atom is 0.405 e. The second-order valence-electron chi connectivity index (χ2n) is 5.25. The molecule has 0 spiro atoms. The van der Waals surface area contributed by atoms with Crippen molar-refractivity contribution in [3.63, 3.8) is 0 Å². The number of aromatic nitrogens is 1. The Labute approximate surface area is 126 Å². The lowest BCUT2D eigenvalue weighted by molar-refractivity contribution is -0.183. The Bertz CT molecular complexity index is 504. The zero-order chi connectivity index (χ0) is 16.3. The monoisotopic (exact) mass is 320 g/mol. The first-order valence-electron chi connectivity index (χ1n) is 7.03. The Hall–Kier alpha value is -1.61. The van der Waals surface area contributed by atoms with Crippen molar-refractivity contribution in [3.8, 4) is 0 Å². The van der Waals surface area contributed by atoms with Gasteiger partial charge in [-0.05, 0) is 13.8 Å². The summed E-state index contributed by atoms with van der Waals surface area (Å²) in [5.41, 5.74) is 0.557. The summed E-state index contributed by atoms with van der Waals surface area (Å²) in [4.78, 5) is 13.4. The Morgan fingerprint density at radius 2 is 2.05 bits per heavy atom. The molecule has 1 saturated heterocycles. The lowest BCUT2D eigenvalue weighted by atomic mass is 10.1. The molecule has 0 aromatic carbocycles. The van der Waals surface area contributed by atoms with E-state index in [0.29, 0.717) is 37.6 Å². The second-order valence-corrected chi connectivity index (χ2v) is 5.25. The third kappa shape index (κ3) is 3.77. The van der Waals surface area contributed by atoms with Gasteiger partial charge in [0.05, 0.1) is 5.69 Å². The first-order valence-corrected chi connectivity index (χ1v) is 7.03. The van der Waals surface area contributed by atoms with E-state index >= 15 is 0 Å². The van der Waals surface area contributed by atoms with Gasteiger partial charge in [-0.3, -0.25) is 9.69 Å². The molecular formula is C13H19F3N4O2.